The molecule has 1 atom stereocenters. The fraction of sp³-hybridized carbons (Fsp3) is 0.455. The zero-order valence-electron chi connectivity index (χ0n) is 9.09. The van der Waals surface area contributed by atoms with Crippen molar-refractivity contribution in [1.29, 1.82) is 0 Å². The molecule has 0 radical (unpaired) electrons. The molecule has 1 amide bonds. The largest absolute Gasteiger partial charge is 0.391 e. The number of β-amino-alcohol motifs (C(OH)–C–C–N with tert-alkyl or cyclic N) is 1. The fourth-order valence-corrected chi connectivity index (χ4v) is 2.24. The predicted octanol–water partition coefficient (Wildman–Crippen LogP) is 1.06. The molecular weight excluding hydrogens is 224 g/mol. The molecular formula is C11H14N2O2S. The molecule has 0 spiro atoms. The molecule has 2 heterocycles. The maximum Gasteiger partial charge on any atom is 0.246 e. The van der Waals surface area contributed by atoms with Gasteiger partial charge in [0.25, 0.3) is 0 Å². The third-order valence-corrected chi connectivity index (χ3v) is 3.30. The molecule has 86 valence electrons. The van der Waals surface area contributed by atoms with Crippen LogP contribution in [0.5, 0.6) is 0 Å². The van der Waals surface area contributed by atoms with Gasteiger partial charge in [0.15, 0.2) is 0 Å². The Hall–Kier alpha value is -1.20. The Morgan fingerprint density at radius 3 is 3.12 bits per heavy atom. The van der Waals surface area contributed by atoms with Crippen molar-refractivity contribution in [3.05, 3.63) is 22.2 Å². The molecule has 2 rings (SSSR count). The Bertz CT molecular complexity index is 414. The second kappa shape index (κ2) is 4.76. The number of carbonyl (C=O) groups excluding carboxylic acids is 1. The molecule has 0 aliphatic carbocycles. The standard InChI is InChI=1S/C11H14N2O2S/c1-8-12-9(7-16-8)2-3-11(15)13-5-4-10(14)6-13/h2-3,7,10,14H,4-6H2,1H3. The van der Waals surface area contributed by atoms with Gasteiger partial charge < -0.3 is 10.0 Å². The summed E-state index contributed by atoms with van der Waals surface area (Å²) in [5.74, 6) is -0.0535. The molecule has 1 aromatic heterocycles. The fourth-order valence-electron chi connectivity index (χ4n) is 1.66. The van der Waals surface area contributed by atoms with E-state index < -0.39 is 0 Å². The quantitative estimate of drug-likeness (QED) is 0.784. The molecule has 16 heavy (non-hydrogen) atoms. The van der Waals surface area contributed by atoms with Gasteiger partial charge in [0.1, 0.15) is 0 Å². The van der Waals surface area contributed by atoms with Gasteiger partial charge in [-0.25, -0.2) is 4.98 Å². The SMILES string of the molecule is Cc1nc(C=CC(=O)N2CCC(O)C2)cs1. The summed E-state index contributed by atoms with van der Waals surface area (Å²) in [6, 6.07) is 0. The number of hydrogen-bond donors (Lipinski definition) is 1. The number of nitrogens with zero attached hydrogens (tertiary/aromatic N) is 2. The Morgan fingerprint density at radius 1 is 1.75 bits per heavy atom. The number of carbonyl (C=O) groups is 1. The van der Waals surface area contributed by atoms with E-state index in [1.807, 2.05) is 12.3 Å². The highest BCUT2D eigenvalue weighted by atomic mass is 32.1. The summed E-state index contributed by atoms with van der Waals surface area (Å²) in [7, 11) is 0. The molecule has 0 saturated carbocycles. The normalized spacial score (nSPS) is 20.9. The minimum atomic E-state index is -0.362. The van der Waals surface area contributed by atoms with Gasteiger partial charge in [-0.2, -0.15) is 0 Å². The van der Waals surface area contributed by atoms with Crippen LogP contribution in [0.15, 0.2) is 11.5 Å². The number of hydrogen-bond acceptors (Lipinski definition) is 4. The monoisotopic (exact) mass is 238 g/mol. The van der Waals surface area contributed by atoms with Crippen molar-refractivity contribution in [3.63, 3.8) is 0 Å². The Labute approximate surface area is 98.2 Å². The number of rotatable bonds is 2. The van der Waals surface area contributed by atoms with Crippen LogP contribution in [0.2, 0.25) is 0 Å². The smallest absolute Gasteiger partial charge is 0.246 e. The summed E-state index contributed by atoms with van der Waals surface area (Å²) >= 11 is 1.56. The average molecular weight is 238 g/mol. The summed E-state index contributed by atoms with van der Waals surface area (Å²) in [5.41, 5.74) is 0.815. The van der Waals surface area contributed by atoms with Crippen molar-refractivity contribution in [2.75, 3.05) is 13.1 Å². The van der Waals surface area contributed by atoms with Crippen LogP contribution in [0.4, 0.5) is 0 Å². The maximum absolute atomic E-state index is 11.7. The Morgan fingerprint density at radius 2 is 2.56 bits per heavy atom. The molecule has 0 aromatic carbocycles. The van der Waals surface area contributed by atoms with E-state index in [2.05, 4.69) is 4.98 Å². The van der Waals surface area contributed by atoms with Crippen LogP contribution in [0.3, 0.4) is 0 Å². The summed E-state index contributed by atoms with van der Waals surface area (Å²) < 4.78 is 0. The van der Waals surface area contributed by atoms with Gasteiger partial charge in [0, 0.05) is 24.5 Å². The van der Waals surface area contributed by atoms with Crippen LogP contribution >= 0.6 is 11.3 Å². The van der Waals surface area contributed by atoms with Gasteiger partial charge in [-0.05, 0) is 19.4 Å². The van der Waals surface area contributed by atoms with E-state index in [1.165, 1.54) is 6.08 Å². The lowest BCUT2D eigenvalue weighted by Gasteiger charge is -2.11. The van der Waals surface area contributed by atoms with Gasteiger partial charge in [-0.1, -0.05) is 0 Å². The highest BCUT2D eigenvalue weighted by Crippen LogP contribution is 2.12. The predicted molar refractivity (Wildman–Crippen MR) is 63.1 cm³/mol. The van der Waals surface area contributed by atoms with Gasteiger partial charge in [-0.3, -0.25) is 4.79 Å². The molecule has 1 saturated heterocycles. The molecule has 1 fully saturated rings. The van der Waals surface area contributed by atoms with E-state index in [1.54, 1.807) is 22.3 Å². The van der Waals surface area contributed by atoms with E-state index in [9.17, 15) is 9.90 Å². The highest BCUT2D eigenvalue weighted by molar-refractivity contribution is 7.09. The van der Waals surface area contributed by atoms with Crippen molar-refractivity contribution >= 4 is 23.3 Å². The number of aliphatic hydroxyl groups excluding tert-OH is 1. The average Bonchev–Trinajstić information content (AvgIpc) is 2.84. The second-order valence-corrected chi connectivity index (χ2v) is 4.91. The third-order valence-electron chi connectivity index (χ3n) is 2.51. The van der Waals surface area contributed by atoms with Crippen LogP contribution in [0.25, 0.3) is 6.08 Å². The minimum absolute atomic E-state index is 0.0535. The van der Waals surface area contributed by atoms with E-state index in [4.69, 9.17) is 0 Å². The third kappa shape index (κ3) is 2.68. The summed E-state index contributed by atoms with van der Waals surface area (Å²) in [6.45, 7) is 3.01. The molecule has 1 aliphatic heterocycles. The van der Waals surface area contributed by atoms with E-state index in [-0.39, 0.29) is 12.0 Å². The first kappa shape index (κ1) is 11.3. The molecule has 1 aromatic rings. The first-order chi connectivity index (χ1) is 7.65. The Balaban J connectivity index is 1.94. The molecule has 4 nitrogen and oxygen atoms in total. The zero-order chi connectivity index (χ0) is 11.5. The Kier molecular flexibility index (Phi) is 3.36. The maximum atomic E-state index is 11.7. The van der Waals surface area contributed by atoms with E-state index >= 15 is 0 Å². The lowest BCUT2D eigenvalue weighted by Crippen LogP contribution is -2.27. The molecule has 1 aliphatic rings. The van der Waals surface area contributed by atoms with E-state index in [0.717, 1.165) is 10.7 Å². The lowest BCUT2D eigenvalue weighted by atomic mass is 10.3. The zero-order valence-corrected chi connectivity index (χ0v) is 9.91. The summed E-state index contributed by atoms with van der Waals surface area (Å²) in [6.07, 6.45) is 3.55. The number of aryl methyl sites for hydroxylation is 1. The number of likely N-dealkylation sites (tertiary alicyclic amines) is 1. The minimum Gasteiger partial charge on any atom is -0.391 e. The van der Waals surface area contributed by atoms with Crippen LogP contribution in [-0.2, 0) is 4.79 Å². The molecule has 0 bridgehead atoms. The van der Waals surface area contributed by atoms with Crippen LogP contribution in [0, 0.1) is 6.92 Å². The highest BCUT2D eigenvalue weighted by Gasteiger charge is 2.22. The van der Waals surface area contributed by atoms with Crippen molar-refractivity contribution in [3.8, 4) is 0 Å². The number of thiazole rings is 1. The van der Waals surface area contributed by atoms with Crippen molar-refractivity contribution < 1.29 is 9.90 Å². The van der Waals surface area contributed by atoms with Gasteiger partial charge >= 0.3 is 0 Å². The van der Waals surface area contributed by atoms with Crippen LogP contribution in [-0.4, -0.2) is 40.1 Å². The topological polar surface area (TPSA) is 53.4 Å². The van der Waals surface area contributed by atoms with Crippen LogP contribution in [0.1, 0.15) is 17.1 Å². The first-order valence-electron chi connectivity index (χ1n) is 5.22. The van der Waals surface area contributed by atoms with Crippen molar-refractivity contribution in [2.24, 2.45) is 0 Å². The number of aromatic nitrogens is 1. The summed E-state index contributed by atoms with van der Waals surface area (Å²) in [5, 5.41) is 12.2. The van der Waals surface area contributed by atoms with E-state index in [0.29, 0.717) is 19.5 Å². The summed E-state index contributed by atoms with van der Waals surface area (Å²) in [4.78, 5) is 17.6. The molecule has 1 unspecified atom stereocenters. The van der Waals surface area contributed by atoms with Gasteiger partial charge in [-0.15, -0.1) is 11.3 Å². The number of aliphatic hydroxyl groups is 1. The first-order valence-corrected chi connectivity index (χ1v) is 6.10. The number of amides is 1. The van der Waals surface area contributed by atoms with Gasteiger partial charge in [0.2, 0.25) is 5.91 Å². The lowest BCUT2D eigenvalue weighted by molar-refractivity contribution is -0.125. The second-order valence-electron chi connectivity index (χ2n) is 3.85. The van der Waals surface area contributed by atoms with Crippen molar-refractivity contribution in [2.45, 2.75) is 19.4 Å². The molecule has 5 heteroatoms. The van der Waals surface area contributed by atoms with Gasteiger partial charge in [0.05, 0.1) is 16.8 Å². The van der Waals surface area contributed by atoms with Crippen LogP contribution < -0.4 is 0 Å². The molecule has 1 N–H and O–H groups in total. The van der Waals surface area contributed by atoms with Crippen molar-refractivity contribution in [1.82, 2.24) is 9.88 Å².